The first-order valence-corrected chi connectivity index (χ1v) is 13.1. The van der Waals surface area contributed by atoms with Gasteiger partial charge in [-0.05, 0) is 61.1 Å². The molecule has 9 nitrogen and oxygen atoms in total. The van der Waals surface area contributed by atoms with Crippen molar-refractivity contribution in [1.29, 1.82) is 0 Å². The minimum atomic E-state index is -1.05. The fraction of sp³-hybridized carbons (Fsp3) is 0.379. The summed E-state index contributed by atoms with van der Waals surface area (Å²) in [5.74, 6) is 0.380. The van der Waals surface area contributed by atoms with Gasteiger partial charge in [-0.3, -0.25) is 14.2 Å². The van der Waals surface area contributed by atoms with Crippen LogP contribution in [0.5, 0.6) is 0 Å². The summed E-state index contributed by atoms with van der Waals surface area (Å²) in [6, 6.07) is 16.3. The molecule has 0 bridgehead atoms. The summed E-state index contributed by atoms with van der Waals surface area (Å²) in [4.78, 5) is 34.2. The Bertz CT molecular complexity index is 1560. The Labute approximate surface area is 220 Å². The van der Waals surface area contributed by atoms with E-state index in [1.807, 2.05) is 43.3 Å². The van der Waals surface area contributed by atoms with Crippen LogP contribution in [0.3, 0.4) is 0 Å². The number of piperidine rings is 1. The normalized spacial score (nSPS) is 17.1. The Morgan fingerprint density at radius 2 is 1.79 bits per heavy atom. The van der Waals surface area contributed by atoms with Crippen LogP contribution < -0.4 is 10.5 Å². The number of aromatic nitrogens is 4. The monoisotopic (exact) mass is 512 g/mol. The second kappa shape index (κ2) is 9.40. The van der Waals surface area contributed by atoms with Crippen molar-refractivity contribution in [3.05, 3.63) is 71.4 Å². The highest BCUT2D eigenvalue weighted by molar-refractivity contribution is 5.81. The number of amides is 1. The summed E-state index contributed by atoms with van der Waals surface area (Å²) in [5.41, 5.74) is 3.23. The number of carbonyl (C=O) groups excluding carboxylic acids is 1. The summed E-state index contributed by atoms with van der Waals surface area (Å²) in [6.45, 7) is 1.17. The predicted molar refractivity (Wildman–Crippen MR) is 146 cm³/mol. The van der Waals surface area contributed by atoms with Crippen LogP contribution in [-0.2, 0) is 11.3 Å². The average molecular weight is 513 g/mol. The highest BCUT2D eigenvalue weighted by Gasteiger charge is 2.39. The Morgan fingerprint density at radius 1 is 1.08 bits per heavy atom. The highest BCUT2D eigenvalue weighted by atomic mass is 16.3. The lowest BCUT2D eigenvalue weighted by atomic mass is 9.91. The first-order chi connectivity index (χ1) is 18.3. The standard InChI is InChI=1S/C29H32N6O3/c1-32(2)23-7-3-5-21(15-23)22-6-4-8-24(16-22)35-26-25(17-31-35)28(37)34(19-30-26)18-29(38)11-13-33(14-12-29)27(36)20-9-10-20/h3-8,15-17,19-20,38H,9-14,18H2,1-2H3. The van der Waals surface area contributed by atoms with E-state index < -0.39 is 5.60 Å². The van der Waals surface area contributed by atoms with Gasteiger partial charge in [0.2, 0.25) is 5.91 Å². The van der Waals surface area contributed by atoms with Crippen molar-refractivity contribution in [2.24, 2.45) is 5.92 Å². The smallest absolute Gasteiger partial charge is 0.264 e. The third-order valence-electron chi connectivity index (χ3n) is 7.74. The van der Waals surface area contributed by atoms with Crippen LogP contribution in [0.15, 0.2) is 65.8 Å². The summed E-state index contributed by atoms with van der Waals surface area (Å²) in [6.07, 6.45) is 5.87. The number of anilines is 1. The second-order valence-electron chi connectivity index (χ2n) is 10.8. The summed E-state index contributed by atoms with van der Waals surface area (Å²) < 4.78 is 3.15. The molecule has 38 heavy (non-hydrogen) atoms. The molecule has 4 aromatic rings. The zero-order valence-electron chi connectivity index (χ0n) is 21.7. The maximum absolute atomic E-state index is 13.3. The van der Waals surface area contributed by atoms with Crippen LogP contribution in [0.25, 0.3) is 27.8 Å². The Balaban J connectivity index is 1.24. The molecule has 1 amide bonds. The maximum atomic E-state index is 13.3. The number of fused-ring (bicyclic) bond motifs is 1. The van der Waals surface area contributed by atoms with E-state index in [4.69, 9.17) is 0 Å². The van der Waals surface area contributed by atoms with E-state index in [0.717, 1.165) is 35.3 Å². The number of likely N-dealkylation sites (tertiary alicyclic amines) is 1. The average Bonchev–Trinajstić information content (AvgIpc) is 3.69. The van der Waals surface area contributed by atoms with Gasteiger partial charge in [-0.25, -0.2) is 9.67 Å². The molecule has 0 radical (unpaired) electrons. The molecule has 1 saturated heterocycles. The number of carbonyl (C=O) groups is 1. The van der Waals surface area contributed by atoms with Gasteiger partial charge in [-0.15, -0.1) is 0 Å². The molecule has 2 aliphatic rings. The first kappa shape index (κ1) is 24.4. The van der Waals surface area contributed by atoms with Crippen LogP contribution in [-0.4, -0.2) is 68.0 Å². The van der Waals surface area contributed by atoms with Crippen molar-refractivity contribution >= 4 is 22.6 Å². The first-order valence-electron chi connectivity index (χ1n) is 13.1. The quantitative estimate of drug-likeness (QED) is 0.427. The van der Waals surface area contributed by atoms with E-state index in [-0.39, 0.29) is 23.9 Å². The lowest BCUT2D eigenvalue weighted by molar-refractivity contribution is -0.137. The van der Waals surface area contributed by atoms with Crippen molar-refractivity contribution in [3.63, 3.8) is 0 Å². The van der Waals surface area contributed by atoms with Crippen LogP contribution in [0.4, 0.5) is 5.69 Å². The molecule has 1 N–H and O–H groups in total. The largest absolute Gasteiger partial charge is 0.388 e. The molecular formula is C29H32N6O3. The van der Waals surface area contributed by atoms with E-state index in [0.29, 0.717) is 37.0 Å². The molecule has 2 aromatic carbocycles. The molecule has 196 valence electrons. The summed E-state index contributed by atoms with van der Waals surface area (Å²) in [5, 5.41) is 16.1. The molecule has 3 heterocycles. The minimum absolute atomic E-state index is 0.142. The van der Waals surface area contributed by atoms with Crippen molar-refractivity contribution < 1.29 is 9.90 Å². The van der Waals surface area contributed by atoms with Gasteiger partial charge < -0.3 is 14.9 Å². The minimum Gasteiger partial charge on any atom is -0.388 e. The zero-order chi connectivity index (χ0) is 26.4. The molecule has 0 spiro atoms. The zero-order valence-corrected chi connectivity index (χ0v) is 21.7. The molecule has 2 fully saturated rings. The van der Waals surface area contributed by atoms with Gasteiger partial charge in [0.1, 0.15) is 11.7 Å². The van der Waals surface area contributed by atoms with Gasteiger partial charge >= 0.3 is 0 Å². The van der Waals surface area contributed by atoms with Crippen molar-refractivity contribution in [3.8, 4) is 16.8 Å². The summed E-state index contributed by atoms with van der Waals surface area (Å²) in [7, 11) is 4.03. The van der Waals surface area contributed by atoms with E-state index in [9.17, 15) is 14.7 Å². The van der Waals surface area contributed by atoms with E-state index in [2.05, 4.69) is 39.2 Å². The maximum Gasteiger partial charge on any atom is 0.264 e. The van der Waals surface area contributed by atoms with Crippen molar-refractivity contribution in [2.45, 2.75) is 37.8 Å². The third-order valence-corrected chi connectivity index (χ3v) is 7.74. The van der Waals surface area contributed by atoms with Gasteiger partial charge in [0.15, 0.2) is 5.65 Å². The molecule has 2 aromatic heterocycles. The molecule has 9 heteroatoms. The Morgan fingerprint density at radius 3 is 2.50 bits per heavy atom. The Kier molecular flexibility index (Phi) is 6.03. The Hall–Kier alpha value is -3.98. The number of aliphatic hydroxyl groups is 1. The third kappa shape index (κ3) is 4.58. The molecule has 1 aliphatic carbocycles. The predicted octanol–water partition coefficient (Wildman–Crippen LogP) is 3.08. The molecular weight excluding hydrogens is 480 g/mol. The lowest BCUT2D eigenvalue weighted by Crippen LogP contribution is -2.50. The SMILES string of the molecule is CN(C)c1cccc(-c2cccc(-n3ncc4c(=O)n(CC5(O)CCN(C(=O)C6CC6)CC5)cnc43)c2)c1. The number of rotatable bonds is 6. The lowest BCUT2D eigenvalue weighted by Gasteiger charge is -2.38. The highest BCUT2D eigenvalue weighted by Crippen LogP contribution is 2.33. The van der Waals surface area contributed by atoms with Gasteiger partial charge in [0, 0.05) is 38.8 Å². The van der Waals surface area contributed by atoms with Gasteiger partial charge in [-0.1, -0.05) is 24.3 Å². The number of benzene rings is 2. The number of nitrogens with zero attached hydrogens (tertiary/aromatic N) is 6. The van der Waals surface area contributed by atoms with E-state index in [1.54, 1.807) is 10.9 Å². The molecule has 1 saturated carbocycles. The van der Waals surface area contributed by atoms with Gasteiger partial charge in [-0.2, -0.15) is 5.10 Å². The van der Waals surface area contributed by atoms with Crippen molar-refractivity contribution in [1.82, 2.24) is 24.2 Å². The molecule has 0 unspecified atom stereocenters. The number of hydrogen-bond acceptors (Lipinski definition) is 6. The molecule has 6 rings (SSSR count). The van der Waals surface area contributed by atoms with Crippen LogP contribution in [0, 0.1) is 5.92 Å². The second-order valence-corrected chi connectivity index (χ2v) is 10.8. The van der Waals surface area contributed by atoms with Crippen LogP contribution in [0.2, 0.25) is 0 Å². The fourth-order valence-electron chi connectivity index (χ4n) is 5.24. The fourth-order valence-corrected chi connectivity index (χ4v) is 5.24. The van der Waals surface area contributed by atoms with Crippen LogP contribution in [0.1, 0.15) is 25.7 Å². The number of hydrogen-bond donors (Lipinski definition) is 1. The van der Waals surface area contributed by atoms with Crippen LogP contribution >= 0.6 is 0 Å². The van der Waals surface area contributed by atoms with Gasteiger partial charge in [0.05, 0.1) is 24.0 Å². The van der Waals surface area contributed by atoms with E-state index in [1.165, 1.54) is 10.9 Å². The topological polar surface area (TPSA) is 96.5 Å². The van der Waals surface area contributed by atoms with E-state index >= 15 is 0 Å². The molecule has 1 aliphatic heterocycles. The van der Waals surface area contributed by atoms with Gasteiger partial charge in [0.25, 0.3) is 5.56 Å². The van der Waals surface area contributed by atoms with Crippen molar-refractivity contribution in [2.75, 3.05) is 32.1 Å². The summed E-state index contributed by atoms with van der Waals surface area (Å²) >= 11 is 0. The molecule has 0 atom stereocenters.